The van der Waals surface area contributed by atoms with E-state index in [0.29, 0.717) is 12.3 Å². The molecule has 94 valence electrons. The molecule has 0 amide bonds. The molecule has 18 heavy (non-hydrogen) atoms. The summed E-state index contributed by atoms with van der Waals surface area (Å²) in [4.78, 5) is 2.29. The molecule has 2 aromatic carbocycles. The summed E-state index contributed by atoms with van der Waals surface area (Å²) < 4.78 is 6.57. The first-order valence-electron chi connectivity index (χ1n) is 5.65. The van der Waals surface area contributed by atoms with Gasteiger partial charge < -0.3 is 10.5 Å². The SMILES string of the molecule is CCOc1cc(Sc2cccc(Br)c2)ccc1N. The van der Waals surface area contributed by atoms with Crippen molar-refractivity contribution in [2.45, 2.75) is 16.7 Å². The van der Waals surface area contributed by atoms with Crippen LogP contribution in [0.15, 0.2) is 56.7 Å². The van der Waals surface area contributed by atoms with Gasteiger partial charge in [-0.25, -0.2) is 0 Å². The minimum absolute atomic E-state index is 0.620. The third-order valence-corrected chi connectivity index (χ3v) is 3.79. The normalized spacial score (nSPS) is 10.3. The minimum atomic E-state index is 0.620. The maximum absolute atomic E-state index is 5.85. The number of hydrogen-bond donors (Lipinski definition) is 1. The van der Waals surface area contributed by atoms with E-state index in [1.54, 1.807) is 11.8 Å². The molecule has 0 aliphatic rings. The number of halogens is 1. The molecule has 2 nitrogen and oxygen atoms in total. The predicted molar refractivity (Wildman–Crippen MR) is 80.3 cm³/mol. The Morgan fingerprint density at radius 3 is 2.67 bits per heavy atom. The Kier molecular flexibility index (Phi) is 4.55. The van der Waals surface area contributed by atoms with Crippen molar-refractivity contribution in [1.82, 2.24) is 0 Å². The highest BCUT2D eigenvalue weighted by atomic mass is 79.9. The lowest BCUT2D eigenvalue weighted by Crippen LogP contribution is -1.96. The molecule has 0 saturated carbocycles. The fourth-order valence-electron chi connectivity index (χ4n) is 1.53. The van der Waals surface area contributed by atoms with Gasteiger partial charge in [-0.3, -0.25) is 0 Å². The molecule has 0 radical (unpaired) electrons. The molecule has 0 saturated heterocycles. The maximum atomic E-state index is 5.85. The van der Waals surface area contributed by atoms with Gasteiger partial charge in [0, 0.05) is 14.3 Å². The summed E-state index contributed by atoms with van der Waals surface area (Å²) in [6, 6.07) is 14.1. The second-order valence-electron chi connectivity index (χ2n) is 3.69. The Hall–Kier alpha value is -1.13. The number of nitrogens with two attached hydrogens (primary N) is 1. The zero-order valence-electron chi connectivity index (χ0n) is 10.0. The van der Waals surface area contributed by atoms with Crippen LogP contribution in [-0.4, -0.2) is 6.61 Å². The van der Waals surface area contributed by atoms with Crippen molar-refractivity contribution in [2.24, 2.45) is 0 Å². The van der Waals surface area contributed by atoms with E-state index in [2.05, 4.69) is 28.1 Å². The van der Waals surface area contributed by atoms with Crippen molar-refractivity contribution >= 4 is 33.4 Å². The summed E-state index contributed by atoms with van der Waals surface area (Å²) in [5.41, 5.74) is 6.53. The Bertz CT molecular complexity index is 545. The summed E-state index contributed by atoms with van der Waals surface area (Å²) in [6.45, 7) is 2.57. The van der Waals surface area contributed by atoms with Crippen molar-refractivity contribution in [3.63, 3.8) is 0 Å². The van der Waals surface area contributed by atoms with Gasteiger partial charge in [0.2, 0.25) is 0 Å². The molecule has 2 rings (SSSR count). The quantitative estimate of drug-likeness (QED) is 0.836. The predicted octanol–water partition coefficient (Wildman–Crippen LogP) is 4.58. The Morgan fingerprint density at radius 2 is 1.94 bits per heavy atom. The monoisotopic (exact) mass is 323 g/mol. The van der Waals surface area contributed by atoms with E-state index in [9.17, 15) is 0 Å². The van der Waals surface area contributed by atoms with E-state index in [4.69, 9.17) is 10.5 Å². The molecule has 0 aromatic heterocycles. The van der Waals surface area contributed by atoms with Gasteiger partial charge in [-0.15, -0.1) is 0 Å². The van der Waals surface area contributed by atoms with Crippen LogP contribution in [0.1, 0.15) is 6.92 Å². The van der Waals surface area contributed by atoms with E-state index in [0.717, 1.165) is 15.1 Å². The summed E-state index contributed by atoms with van der Waals surface area (Å²) in [5.74, 6) is 0.748. The highest BCUT2D eigenvalue weighted by Gasteiger charge is 2.04. The van der Waals surface area contributed by atoms with Crippen LogP contribution in [0.25, 0.3) is 0 Å². The number of ether oxygens (including phenoxy) is 1. The van der Waals surface area contributed by atoms with E-state index in [1.807, 2.05) is 37.3 Å². The van der Waals surface area contributed by atoms with Gasteiger partial charge >= 0.3 is 0 Å². The van der Waals surface area contributed by atoms with E-state index >= 15 is 0 Å². The van der Waals surface area contributed by atoms with Crippen LogP contribution >= 0.6 is 27.7 Å². The lowest BCUT2D eigenvalue weighted by molar-refractivity contribution is 0.341. The highest BCUT2D eigenvalue weighted by molar-refractivity contribution is 9.10. The molecule has 2 N–H and O–H groups in total. The van der Waals surface area contributed by atoms with Crippen molar-refractivity contribution in [3.8, 4) is 5.75 Å². The van der Waals surface area contributed by atoms with Crippen LogP contribution in [-0.2, 0) is 0 Å². The highest BCUT2D eigenvalue weighted by Crippen LogP contribution is 2.33. The summed E-state index contributed by atoms with van der Waals surface area (Å²) in [7, 11) is 0. The van der Waals surface area contributed by atoms with Crippen LogP contribution in [0.5, 0.6) is 5.75 Å². The standard InChI is InChI=1S/C14H14BrNOS/c1-2-17-14-9-12(6-7-13(14)16)18-11-5-3-4-10(15)8-11/h3-9H,2,16H2,1H3. The lowest BCUT2D eigenvalue weighted by atomic mass is 10.3. The van der Waals surface area contributed by atoms with Gasteiger partial charge in [0.1, 0.15) is 5.75 Å². The van der Waals surface area contributed by atoms with Crippen LogP contribution in [0.4, 0.5) is 5.69 Å². The molecule has 0 atom stereocenters. The first kappa shape index (κ1) is 13.3. The van der Waals surface area contributed by atoms with Gasteiger partial charge in [0.15, 0.2) is 0 Å². The van der Waals surface area contributed by atoms with Crippen LogP contribution in [0.3, 0.4) is 0 Å². The van der Waals surface area contributed by atoms with Gasteiger partial charge in [0.25, 0.3) is 0 Å². The first-order chi connectivity index (χ1) is 8.69. The number of nitrogen functional groups attached to an aromatic ring is 1. The van der Waals surface area contributed by atoms with Gasteiger partial charge in [-0.2, -0.15) is 0 Å². The van der Waals surface area contributed by atoms with Crippen molar-refractivity contribution in [3.05, 3.63) is 46.9 Å². The second-order valence-corrected chi connectivity index (χ2v) is 5.75. The average Bonchev–Trinajstić information content (AvgIpc) is 2.34. The van der Waals surface area contributed by atoms with Crippen LogP contribution in [0.2, 0.25) is 0 Å². The van der Waals surface area contributed by atoms with Crippen molar-refractivity contribution in [2.75, 3.05) is 12.3 Å². The molecule has 0 fully saturated rings. The number of rotatable bonds is 4. The third-order valence-electron chi connectivity index (χ3n) is 2.32. The molecular formula is C14H14BrNOS. The number of anilines is 1. The Balaban J connectivity index is 2.21. The zero-order chi connectivity index (χ0) is 13.0. The molecule has 0 aliphatic heterocycles. The fraction of sp³-hybridized carbons (Fsp3) is 0.143. The Labute approximate surface area is 120 Å². The average molecular weight is 324 g/mol. The van der Waals surface area contributed by atoms with E-state index in [-0.39, 0.29) is 0 Å². The molecule has 0 unspecified atom stereocenters. The van der Waals surface area contributed by atoms with Crippen LogP contribution in [0, 0.1) is 0 Å². The third kappa shape index (κ3) is 3.43. The topological polar surface area (TPSA) is 35.2 Å². The molecule has 0 aliphatic carbocycles. The van der Waals surface area contributed by atoms with Gasteiger partial charge in [0.05, 0.1) is 12.3 Å². The number of hydrogen-bond acceptors (Lipinski definition) is 3. The number of benzene rings is 2. The molecule has 0 spiro atoms. The van der Waals surface area contributed by atoms with E-state index < -0.39 is 0 Å². The minimum Gasteiger partial charge on any atom is -0.492 e. The summed E-state index contributed by atoms with van der Waals surface area (Å²) >= 11 is 5.15. The molecule has 0 bridgehead atoms. The largest absolute Gasteiger partial charge is 0.492 e. The summed E-state index contributed by atoms with van der Waals surface area (Å²) in [6.07, 6.45) is 0. The zero-order valence-corrected chi connectivity index (χ0v) is 12.4. The van der Waals surface area contributed by atoms with Gasteiger partial charge in [-0.05, 0) is 43.3 Å². The fourth-order valence-corrected chi connectivity index (χ4v) is 2.98. The molecule has 0 heterocycles. The van der Waals surface area contributed by atoms with Crippen molar-refractivity contribution in [1.29, 1.82) is 0 Å². The molecular weight excluding hydrogens is 310 g/mol. The molecule has 4 heteroatoms. The van der Waals surface area contributed by atoms with E-state index in [1.165, 1.54) is 4.90 Å². The lowest BCUT2D eigenvalue weighted by Gasteiger charge is -2.09. The molecule has 2 aromatic rings. The Morgan fingerprint density at radius 1 is 1.17 bits per heavy atom. The smallest absolute Gasteiger partial charge is 0.143 e. The van der Waals surface area contributed by atoms with Crippen molar-refractivity contribution < 1.29 is 4.74 Å². The van der Waals surface area contributed by atoms with Gasteiger partial charge in [-0.1, -0.05) is 33.8 Å². The maximum Gasteiger partial charge on any atom is 0.143 e. The second kappa shape index (κ2) is 6.16. The van der Waals surface area contributed by atoms with Crippen LogP contribution < -0.4 is 10.5 Å². The summed E-state index contributed by atoms with van der Waals surface area (Å²) in [5, 5.41) is 0. The first-order valence-corrected chi connectivity index (χ1v) is 7.25.